The third kappa shape index (κ3) is 2.99. The van der Waals surface area contributed by atoms with E-state index < -0.39 is 0 Å². The van der Waals surface area contributed by atoms with Crippen LogP contribution >= 0.6 is 0 Å². The highest BCUT2D eigenvalue weighted by Gasteiger charge is 2.29. The Balaban J connectivity index is 1.61. The summed E-state index contributed by atoms with van der Waals surface area (Å²) >= 11 is 0. The Hall–Kier alpha value is -2.09. The Morgan fingerprint density at radius 3 is 2.62 bits per heavy atom. The molecule has 0 aliphatic carbocycles. The second-order valence-corrected chi connectivity index (χ2v) is 5.78. The number of aryl methyl sites for hydroxylation is 1. The number of rotatable bonds is 4. The van der Waals surface area contributed by atoms with Gasteiger partial charge in [-0.05, 0) is 43.4 Å². The normalized spacial score (nSPS) is 16.8. The minimum absolute atomic E-state index is 0.253. The highest BCUT2D eigenvalue weighted by molar-refractivity contribution is 5.96. The molecule has 3 rings (SSSR count). The Morgan fingerprint density at radius 1 is 1.10 bits per heavy atom. The average molecular weight is 279 g/mol. The van der Waals surface area contributed by atoms with E-state index in [4.69, 9.17) is 0 Å². The van der Waals surface area contributed by atoms with E-state index in [2.05, 4.69) is 49.4 Å². The number of para-hydroxylation sites is 1. The van der Waals surface area contributed by atoms with Gasteiger partial charge in [-0.25, -0.2) is 0 Å². The highest BCUT2D eigenvalue weighted by Crippen LogP contribution is 2.32. The molecule has 1 atom stereocenters. The molecule has 0 aromatic heterocycles. The molecule has 1 amide bonds. The molecule has 0 fully saturated rings. The molecule has 2 nitrogen and oxygen atoms in total. The Morgan fingerprint density at radius 2 is 1.81 bits per heavy atom. The van der Waals surface area contributed by atoms with Gasteiger partial charge < -0.3 is 4.90 Å². The molecule has 1 aliphatic rings. The van der Waals surface area contributed by atoms with Gasteiger partial charge in [0.1, 0.15) is 0 Å². The van der Waals surface area contributed by atoms with Crippen molar-refractivity contribution in [2.24, 2.45) is 0 Å². The fourth-order valence-corrected chi connectivity index (χ4v) is 3.15. The topological polar surface area (TPSA) is 20.3 Å². The Kier molecular flexibility index (Phi) is 4.05. The molecule has 2 heteroatoms. The summed E-state index contributed by atoms with van der Waals surface area (Å²) in [6, 6.07) is 18.9. The molecule has 1 aliphatic heterocycles. The second-order valence-electron chi connectivity index (χ2n) is 5.78. The van der Waals surface area contributed by atoms with Crippen molar-refractivity contribution in [3.63, 3.8) is 0 Å². The number of amides is 1. The summed E-state index contributed by atoms with van der Waals surface area (Å²) in [6.45, 7) is 2.13. The summed E-state index contributed by atoms with van der Waals surface area (Å²) in [5.74, 6) is 0.253. The SMILES string of the molecule is C[C@@H]1Cc2ccccc2N1C(=O)CCCc1ccccc1. The summed E-state index contributed by atoms with van der Waals surface area (Å²) in [7, 11) is 0. The predicted octanol–water partition coefficient (Wildman–Crippen LogP) is 3.99. The van der Waals surface area contributed by atoms with E-state index in [9.17, 15) is 4.79 Å². The van der Waals surface area contributed by atoms with E-state index >= 15 is 0 Å². The van der Waals surface area contributed by atoms with Gasteiger partial charge >= 0.3 is 0 Å². The summed E-state index contributed by atoms with van der Waals surface area (Å²) < 4.78 is 0. The van der Waals surface area contributed by atoms with Crippen LogP contribution in [0, 0.1) is 0 Å². The van der Waals surface area contributed by atoms with Crippen LogP contribution in [0.1, 0.15) is 30.9 Å². The van der Waals surface area contributed by atoms with Crippen LogP contribution in [-0.4, -0.2) is 11.9 Å². The number of nitrogens with zero attached hydrogens (tertiary/aromatic N) is 1. The first-order valence-electron chi connectivity index (χ1n) is 7.69. The number of hydrogen-bond donors (Lipinski definition) is 0. The molecule has 0 spiro atoms. The van der Waals surface area contributed by atoms with Crippen LogP contribution in [0.5, 0.6) is 0 Å². The van der Waals surface area contributed by atoms with Gasteiger partial charge in [-0.3, -0.25) is 4.79 Å². The standard InChI is InChI=1S/C19H21NO/c1-15-14-17-11-5-6-12-18(17)20(15)19(21)13-7-10-16-8-3-2-4-9-16/h2-6,8-9,11-12,15H,7,10,13-14H2,1H3/t15-/m1/s1. The maximum absolute atomic E-state index is 12.5. The maximum Gasteiger partial charge on any atom is 0.227 e. The Labute approximate surface area is 126 Å². The number of carbonyl (C=O) groups excluding carboxylic acids is 1. The van der Waals surface area contributed by atoms with Crippen LogP contribution < -0.4 is 4.90 Å². The smallest absolute Gasteiger partial charge is 0.227 e. The van der Waals surface area contributed by atoms with Crippen molar-refractivity contribution in [2.45, 2.75) is 38.6 Å². The number of hydrogen-bond acceptors (Lipinski definition) is 1. The van der Waals surface area contributed by atoms with E-state index in [-0.39, 0.29) is 11.9 Å². The van der Waals surface area contributed by atoms with Gasteiger partial charge in [0, 0.05) is 18.2 Å². The number of anilines is 1. The molecule has 21 heavy (non-hydrogen) atoms. The monoisotopic (exact) mass is 279 g/mol. The fourth-order valence-electron chi connectivity index (χ4n) is 3.15. The molecule has 1 heterocycles. The minimum atomic E-state index is 0.253. The lowest BCUT2D eigenvalue weighted by Gasteiger charge is -2.22. The van der Waals surface area contributed by atoms with Gasteiger partial charge in [0.2, 0.25) is 5.91 Å². The van der Waals surface area contributed by atoms with E-state index in [1.807, 2.05) is 17.0 Å². The maximum atomic E-state index is 12.5. The molecular weight excluding hydrogens is 258 g/mol. The van der Waals surface area contributed by atoms with Crippen molar-refractivity contribution in [1.82, 2.24) is 0 Å². The van der Waals surface area contributed by atoms with Crippen LogP contribution in [0.2, 0.25) is 0 Å². The van der Waals surface area contributed by atoms with Crippen LogP contribution in [-0.2, 0) is 17.6 Å². The molecule has 0 bridgehead atoms. The van der Waals surface area contributed by atoms with E-state index in [0.717, 1.165) is 24.9 Å². The molecule has 2 aromatic carbocycles. The van der Waals surface area contributed by atoms with Crippen molar-refractivity contribution in [3.05, 3.63) is 65.7 Å². The van der Waals surface area contributed by atoms with Gasteiger partial charge in [0.25, 0.3) is 0 Å². The summed E-state index contributed by atoms with van der Waals surface area (Å²) in [5.41, 5.74) is 3.70. The number of carbonyl (C=O) groups is 1. The lowest BCUT2D eigenvalue weighted by Crippen LogP contribution is -2.35. The van der Waals surface area contributed by atoms with Gasteiger partial charge in [-0.1, -0.05) is 48.5 Å². The zero-order valence-electron chi connectivity index (χ0n) is 12.5. The van der Waals surface area contributed by atoms with Gasteiger partial charge in [0.05, 0.1) is 0 Å². The van der Waals surface area contributed by atoms with Crippen LogP contribution in [0.15, 0.2) is 54.6 Å². The van der Waals surface area contributed by atoms with Crippen LogP contribution in [0.3, 0.4) is 0 Å². The molecule has 0 radical (unpaired) electrons. The van der Waals surface area contributed by atoms with Gasteiger partial charge in [-0.2, -0.15) is 0 Å². The molecule has 0 saturated heterocycles. The fraction of sp³-hybridized carbons (Fsp3) is 0.316. The number of benzene rings is 2. The zero-order chi connectivity index (χ0) is 14.7. The average Bonchev–Trinajstić information content (AvgIpc) is 2.84. The first-order chi connectivity index (χ1) is 10.3. The molecule has 0 N–H and O–H groups in total. The first kappa shape index (κ1) is 13.9. The lowest BCUT2D eigenvalue weighted by atomic mass is 10.1. The third-order valence-electron chi connectivity index (χ3n) is 4.17. The van der Waals surface area contributed by atoms with Crippen molar-refractivity contribution >= 4 is 11.6 Å². The molecule has 108 valence electrons. The van der Waals surface area contributed by atoms with E-state index in [1.165, 1.54) is 11.1 Å². The predicted molar refractivity (Wildman–Crippen MR) is 86.5 cm³/mol. The first-order valence-corrected chi connectivity index (χ1v) is 7.69. The van der Waals surface area contributed by atoms with E-state index in [1.54, 1.807) is 0 Å². The third-order valence-corrected chi connectivity index (χ3v) is 4.17. The van der Waals surface area contributed by atoms with Crippen molar-refractivity contribution in [3.8, 4) is 0 Å². The van der Waals surface area contributed by atoms with Crippen molar-refractivity contribution in [1.29, 1.82) is 0 Å². The minimum Gasteiger partial charge on any atom is -0.309 e. The van der Waals surface area contributed by atoms with Crippen LogP contribution in [0.4, 0.5) is 5.69 Å². The molecular formula is C19H21NO. The van der Waals surface area contributed by atoms with Gasteiger partial charge in [0.15, 0.2) is 0 Å². The largest absolute Gasteiger partial charge is 0.309 e. The van der Waals surface area contributed by atoms with Gasteiger partial charge in [-0.15, -0.1) is 0 Å². The lowest BCUT2D eigenvalue weighted by molar-refractivity contribution is -0.119. The molecule has 2 aromatic rings. The summed E-state index contributed by atoms with van der Waals surface area (Å²) in [6.07, 6.45) is 3.47. The summed E-state index contributed by atoms with van der Waals surface area (Å²) in [4.78, 5) is 14.5. The quantitative estimate of drug-likeness (QED) is 0.828. The van der Waals surface area contributed by atoms with Crippen molar-refractivity contribution < 1.29 is 4.79 Å². The van der Waals surface area contributed by atoms with Crippen molar-refractivity contribution in [2.75, 3.05) is 4.90 Å². The Bertz CT molecular complexity index is 620. The van der Waals surface area contributed by atoms with Crippen LogP contribution in [0.25, 0.3) is 0 Å². The van der Waals surface area contributed by atoms with E-state index in [0.29, 0.717) is 6.42 Å². The summed E-state index contributed by atoms with van der Waals surface area (Å²) in [5, 5.41) is 0. The second kappa shape index (κ2) is 6.13. The molecule has 0 unspecified atom stereocenters. The highest BCUT2D eigenvalue weighted by atomic mass is 16.2. The molecule has 0 saturated carbocycles. The number of fused-ring (bicyclic) bond motifs is 1. The zero-order valence-corrected chi connectivity index (χ0v) is 12.5.